The molecule has 1 aromatic heterocycles. The van der Waals surface area contributed by atoms with Gasteiger partial charge in [0.2, 0.25) is 5.91 Å². The van der Waals surface area contributed by atoms with E-state index in [1.807, 2.05) is 30.3 Å². The third-order valence-electron chi connectivity index (χ3n) is 3.82. The van der Waals surface area contributed by atoms with Crippen molar-refractivity contribution in [3.8, 4) is 12.3 Å². The second-order valence-corrected chi connectivity index (χ2v) is 6.58. The molecule has 0 aliphatic heterocycles. The molecular formula is C19H15N3O3S. The predicted octanol–water partition coefficient (Wildman–Crippen LogP) is 3.30. The van der Waals surface area contributed by atoms with Gasteiger partial charge in [0.1, 0.15) is 0 Å². The zero-order chi connectivity index (χ0) is 18.5. The van der Waals surface area contributed by atoms with Crippen LogP contribution in [-0.4, -0.2) is 15.4 Å². The van der Waals surface area contributed by atoms with Crippen molar-refractivity contribution in [1.82, 2.24) is 4.57 Å². The highest BCUT2D eigenvalue weighted by molar-refractivity contribution is 7.16. The Labute approximate surface area is 153 Å². The first-order valence-electron chi connectivity index (χ1n) is 7.91. The lowest BCUT2D eigenvalue weighted by atomic mass is 10.1. The monoisotopic (exact) mass is 365 g/mol. The minimum Gasteiger partial charge on any atom is -0.305 e. The van der Waals surface area contributed by atoms with Gasteiger partial charge in [-0.2, -0.15) is 4.99 Å². The van der Waals surface area contributed by atoms with Crippen LogP contribution >= 0.6 is 11.3 Å². The molecule has 0 N–H and O–H groups in total. The maximum atomic E-state index is 12.3. The Morgan fingerprint density at radius 1 is 1.27 bits per heavy atom. The van der Waals surface area contributed by atoms with Crippen LogP contribution in [0.1, 0.15) is 12.0 Å². The van der Waals surface area contributed by atoms with E-state index in [1.54, 1.807) is 10.6 Å². The van der Waals surface area contributed by atoms with Crippen molar-refractivity contribution >= 4 is 33.1 Å². The molecule has 7 heteroatoms. The van der Waals surface area contributed by atoms with Gasteiger partial charge in [-0.05, 0) is 18.1 Å². The Hall–Kier alpha value is -3.24. The highest BCUT2D eigenvalue weighted by atomic mass is 32.1. The summed E-state index contributed by atoms with van der Waals surface area (Å²) in [7, 11) is 0. The number of hydrogen-bond acceptors (Lipinski definition) is 4. The fourth-order valence-corrected chi connectivity index (χ4v) is 3.64. The van der Waals surface area contributed by atoms with E-state index in [2.05, 4.69) is 10.9 Å². The SMILES string of the molecule is C#CCn1c(=NC(=O)CCc2ccccc2)sc2cc([N+](=O)[O-])ccc21. The molecular weight excluding hydrogens is 350 g/mol. The second kappa shape index (κ2) is 7.76. The van der Waals surface area contributed by atoms with Crippen LogP contribution in [-0.2, 0) is 17.8 Å². The van der Waals surface area contributed by atoms with Crippen LogP contribution in [0.3, 0.4) is 0 Å². The molecule has 0 bridgehead atoms. The zero-order valence-corrected chi connectivity index (χ0v) is 14.6. The van der Waals surface area contributed by atoms with Gasteiger partial charge < -0.3 is 4.57 Å². The minimum atomic E-state index is -0.452. The summed E-state index contributed by atoms with van der Waals surface area (Å²) in [4.78, 5) is 27.4. The lowest BCUT2D eigenvalue weighted by molar-refractivity contribution is -0.384. The average molecular weight is 365 g/mol. The summed E-state index contributed by atoms with van der Waals surface area (Å²) < 4.78 is 2.40. The van der Waals surface area contributed by atoms with Crippen LogP contribution in [0.5, 0.6) is 0 Å². The molecule has 26 heavy (non-hydrogen) atoms. The van der Waals surface area contributed by atoms with Gasteiger partial charge in [0.05, 0.1) is 21.7 Å². The number of rotatable bonds is 5. The van der Waals surface area contributed by atoms with Crippen LogP contribution < -0.4 is 4.80 Å². The van der Waals surface area contributed by atoms with Crippen molar-refractivity contribution in [2.24, 2.45) is 4.99 Å². The lowest BCUT2D eigenvalue weighted by Gasteiger charge is -2.00. The Bertz CT molecular complexity index is 1070. The number of hydrogen-bond donors (Lipinski definition) is 0. The number of non-ortho nitro benzene ring substituents is 1. The molecule has 3 aromatic rings. The van der Waals surface area contributed by atoms with E-state index in [4.69, 9.17) is 6.42 Å². The number of aryl methyl sites for hydroxylation is 1. The third kappa shape index (κ3) is 3.87. The van der Waals surface area contributed by atoms with E-state index in [0.29, 0.717) is 15.9 Å². The topological polar surface area (TPSA) is 77.5 Å². The maximum absolute atomic E-state index is 12.3. The highest BCUT2D eigenvalue weighted by Crippen LogP contribution is 2.23. The summed E-state index contributed by atoms with van der Waals surface area (Å²) in [5.74, 6) is 2.29. The van der Waals surface area contributed by atoms with Crippen molar-refractivity contribution in [1.29, 1.82) is 0 Å². The normalized spacial score (nSPS) is 11.4. The molecule has 0 unspecified atom stereocenters. The average Bonchev–Trinajstić information content (AvgIpc) is 2.97. The molecule has 0 spiro atoms. The number of nitrogens with zero attached hydrogens (tertiary/aromatic N) is 3. The van der Waals surface area contributed by atoms with Crippen molar-refractivity contribution in [2.45, 2.75) is 19.4 Å². The van der Waals surface area contributed by atoms with Gasteiger partial charge in [0.25, 0.3) is 5.69 Å². The van der Waals surface area contributed by atoms with Gasteiger partial charge >= 0.3 is 0 Å². The van der Waals surface area contributed by atoms with Gasteiger partial charge in [0, 0.05) is 18.6 Å². The van der Waals surface area contributed by atoms with Crippen molar-refractivity contribution in [3.63, 3.8) is 0 Å². The molecule has 0 radical (unpaired) electrons. The van der Waals surface area contributed by atoms with E-state index >= 15 is 0 Å². The second-order valence-electron chi connectivity index (χ2n) is 5.58. The summed E-state index contributed by atoms with van der Waals surface area (Å²) in [5.41, 5.74) is 1.79. The number of carbonyl (C=O) groups is 1. The molecule has 1 heterocycles. The summed E-state index contributed by atoms with van der Waals surface area (Å²) in [5, 5.41) is 11.0. The van der Waals surface area contributed by atoms with Gasteiger partial charge in [-0.15, -0.1) is 6.42 Å². The summed E-state index contributed by atoms with van der Waals surface area (Å²) >= 11 is 1.22. The number of nitro benzene ring substituents is 1. The number of benzene rings is 2. The third-order valence-corrected chi connectivity index (χ3v) is 4.86. The quantitative estimate of drug-likeness (QED) is 0.395. The number of aromatic nitrogens is 1. The van der Waals surface area contributed by atoms with Crippen molar-refractivity contribution < 1.29 is 9.72 Å². The first-order valence-corrected chi connectivity index (χ1v) is 8.73. The molecule has 130 valence electrons. The van der Waals surface area contributed by atoms with Gasteiger partial charge in [-0.25, -0.2) is 0 Å². The standard InChI is InChI=1S/C19H15N3O3S/c1-2-12-21-16-10-9-15(22(24)25)13-17(16)26-19(21)20-18(23)11-8-14-6-4-3-5-7-14/h1,3-7,9-10,13H,8,11-12H2. The summed E-state index contributed by atoms with van der Waals surface area (Å²) in [6, 6.07) is 14.2. The molecule has 0 fully saturated rings. The lowest BCUT2D eigenvalue weighted by Crippen LogP contribution is -2.16. The highest BCUT2D eigenvalue weighted by Gasteiger charge is 2.12. The fourth-order valence-electron chi connectivity index (χ4n) is 2.56. The molecule has 0 aliphatic carbocycles. The van der Waals surface area contributed by atoms with Crippen LogP contribution in [0, 0.1) is 22.5 Å². The Morgan fingerprint density at radius 3 is 2.73 bits per heavy atom. The van der Waals surface area contributed by atoms with Crippen LogP contribution in [0.15, 0.2) is 53.5 Å². The first-order chi connectivity index (χ1) is 12.6. The van der Waals surface area contributed by atoms with E-state index < -0.39 is 4.92 Å². The summed E-state index contributed by atoms with van der Waals surface area (Å²) in [6.07, 6.45) is 6.31. The van der Waals surface area contributed by atoms with Gasteiger partial charge in [-0.3, -0.25) is 14.9 Å². The number of thiazole rings is 1. The number of nitro groups is 1. The Kier molecular flexibility index (Phi) is 5.25. The van der Waals surface area contributed by atoms with Crippen molar-refractivity contribution in [3.05, 3.63) is 69.0 Å². The molecule has 3 rings (SSSR count). The van der Waals surface area contributed by atoms with E-state index in [1.165, 1.54) is 23.5 Å². The van der Waals surface area contributed by atoms with Crippen LogP contribution in [0.25, 0.3) is 10.2 Å². The van der Waals surface area contributed by atoms with E-state index in [9.17, 15) is 14.9 Å². The molecule has 1 amide bonds. The van der Waals surface area contributed by atoms with E-state index in [-0.39, 0.29) is 24.6 Å². The van der Waals surface area contributed by atoms with Crippen LogP contribution in [0.4, 0.5) is 5.69 Å². The summed E-state index contributed by atoms with van der Waals surface area (Å²) in [6.45, 7) is 0.239. The molecule has 6 nitrogen and oxygen atoms in total. The van der Waals surface area contributed by atoms with Gasteiger partial charge in [0.15, 0.2) is 4.80 Å². The number of amides is 1. The Morgan fingerprint density at radius 2 is 2.04 bits per heavy atom. The van der Waals surface area contributed by atoms with E-state index in [0.717, 1.165) is 11.1 Å². The van der Waals surface area contributed by atoms with Crippen molar-refractivity contribution in [2.75, 3.05) is 0 Å². The molecule has 0 aliphatic rings. The van der Waals surface area contributed by atoms with Gasteiger partial charge in [-0.1, -0.05) is 47.6 Å². The predicted molar refractivity (Wildman–Crippen MR) is 101 cm³/mol. The zero-order valence-electron chi connectivity index (χ0n) is 13.8. The number of fused-ring (bicyclic) bond motifs is 1. The molecule has 2 aromatic carbocycles. The molecule has 0 saturated carbocycles. The Balaban J connectivity index is 1.93. The molecule has 0 atom stereocenters. The number of carbonyl (C=O) groups excluding carboxylic acids is 1. The first kappa shape index (κ1) is 17.6. The smallest absolute Gasteiger partial charge is 0.270 e. The fraction of sp³-hybridized carbons (Fsp3) is 0.158. The molecule has 0 saturated heterocycles. The van der Waals surface area contributed by atoms with Crippen LogP contribution in [0.2, 0.25) is 0 Å². The number of terminal acetylenes is 1. The minimum absolute atomic E-state index is 0.00596. The maximum Gasteiger partial charge on any atom is 0.270 e. The largest absolute Gasteiger partial charge is 0.305 e.